The largest absolute Gasteiger partial charge is 0.491 e. The number of rotatable bonds is 8. The van der Waals surface area contributed by atoms with Gasteiger partial charge in [-0.1, -0.05) is 36.4 Å². The molecule has 1 aromatic heterocycles. The second kappa shape index (κ2) is 10.2. The fourth-order valence-electron chi connectivity index (χ4n) is 3.74. The number of piperidine rings is 1. The van der Waals surface area contributed by atoms with Crippen molar-refractivity contribution in [3.63, 3.8) is 0 Å². The van der Waals surface area contributed by atoms with Crippen molar-refractivity contribution in [2.24, 2.45) is 0 Å². The van der Waals surface area contributed by atoms with Crippen molar-refractivity contribution in [2.45, 2.75) is 25.0 Å². The van der Waals surface area contributed by atoms with Crippen LogP contribution in [0.2, 0.25) is 0 Å². The van der Waals surface area contributed by atoms with Gasteiger partial charge in [0.15, 0.2) is 0 Å². The Morgan fingerprint density at radius 1 is 0.933 bits per heavy atom. The van der Waals surface area contributed by atoms with Gasteiger partial charge in [-0.2, -0.15) is 0 Å². The average molecular weight is 405 g/mol. The highest BCUT2D eigenvalue weighted by Gasteiger charge is 2.22. The molecular weight excluding hydrogens is 376 g/mol. The van der Waals surface area contributed by atoms with E-state index in [-0.39, 0.29) is 6.10 Å². The number of benzene rings is 2. The zero-order valence-electron chi connectivity index (χ0n) is 17.1. The van der Waals surface area contributed by atoms with Gasteiger partial charge >= 0.3 is 0 Å². The van der Waals surface area contributed by atoms with Gasteiger partial charge in [0, 0.05) is 37.6 Å². The Kier molecular flexibility index (Phi) is 6.95. The molecule has 0 amide bonds. The van der Waals surface area contributed by atoms with E-state index in [4.69, 9.17) is 9.47 Å². The Labute approximate surface area is 177 Å². The van der Waals surface area contributed by atoms with Gasteiger partial charge in [-0.15, -0.1) is 0 Å². The molecule has 1 aliphatic heterocycles. The van der Waals surface area contributed by atoms with Gasteiger partial charge in [-0.05, 0) is 48.7 Å². The maximum Gasteiger partial charge on any atom is 0.120 e. The summed E-state index contributed by atoms with van der Waals surface area (Å²) in [6.07, 6.45) is 5.24. The zero-order valence-corrected chi connectivity index (χ0v) is 17.1. The number of aliphatic hydroxyl groups excluding tert-OH is 1. The van der Waals surface area contributed by atoms with Crippen LogP contribution in [0.5, 0.6) is 11.5 Å². The van der Waals surface area contributed by atoms with Crippen LogP contribution in [0.3, 0.4) is 0 Å². The van der Waals surface area contributed by atoms with E-state index in [1.807, 2.05) is 54.7 Å². The first-order chi connectivity index (χ1) is 14.8. The van der Waals surface area contributed by atoms with E-state index in [0.717, 1.165) is 48.6 Å². The van der Waals surface area contributed by atoms with E-state index < -0.39 is 6.10 Å². The molecule has 1 N–H and O–H groups in total. The lowest BCUT2D eigenvalue weighted by Crippen LogP contribution is -2.43. The maximum absolute atomic E-state index is 10.3. The van der Waals surface area contributed by atoms with Crippen LogP contribution in [0.1, 0.15) is 12.8 Å². The summed E-state index contributed by atoms with van der Waals surface area (Å²) in [7, 11) is 0. The van der Waals surface area contributed by atoms with Crippen LogP contribution in [0.25, 0.3) is 11.1 Å². The molecule has 5 nitrogen and oxygen atoms in total. The highest BCUT2D eigenvalue weighted by Crippen LogP contribution is 2.25. The van der Waals surface area contributed by atoms with Gasteiger partial charge in [-0.25, -0.2) is 0 Å². The highest BCUT2D eigenvalue weighted by atomic mass is 16.5. The Morgan fingerprint density at radius 3 is 2.47 bits per heavy atom. The minimum Gasteiger partial charge on any atom is -0.491 e. The minimum absolute atomic E-state index is 0.197. The molecule has 156 valence electrons. The third kappa shape index (κ3) is 5.81. The summed E-state index contributed by atoms with van der Waals surface area (Å²) in [5.41, 5.74) is 2.20. The third-order valence-electron chi connectivity index (χ3n) is 5.32. The number of para-hydroxylation sites is 1. The highest BCUT2D eigenvalue weighted by molar-refractivity contribution is 5.63. The standard InChI is InChI=1S/C25H28N2O3/c28-22(19-29-23-8-2-1-3-9-23)18-27-14-11-24(12-15-27)30-25-10-4-6-20(16-25)21-7-5-13-26-17-21/h1-10,13,16-17,22,24,28H,11-12,14-15,18-19H2. The first kappa shape index (κ1) is 20.4. The molecule has 1 aliphatic rings. The molecule has 0 spiro atoms. The molecule has 1 unspecified atom stereocenters. The van der Waals surface area contributed by atoms with Gasteiger partial charge in [0.25, 0.3) is 0 Å². The number of hydrogen-bond acceptors (Lipinski definition) is 5. The lowest BCUT2D eigenvalue weighted by atomic mass is 10.1. The van der Waals surface area contributed by atoms with Gasteiger partial charge in [-0.3, -0.25) is 4.98 Å². The van der Waals surface area contributed by atoms with E-state index in [0.29, 0.717) is 13.2 Å². The molecule has 3 aromatic rings. The van der Waals surface area contributed by atoms with Crippen LogP contribution in [0.4, 0.5) is 0 Å². The monoisotopic (exact) mass is 404 g/mol. The lowest BCUT2D eigenvalue weighted by molar-refractivity contribution is 0.0402. The summed E-state index contributed by atoms with van der Waals surface area (Å²) in [6, 6.07) is 21.8. The molecule has 4 rings (SSSR count). The second-order valence-corrected chi connectivity index (χ2v) is 7.67. The summed E-state index contributed by atoms with van der Waals surface area (Å²) >= 11 is 0. The SMILES string of the molecule is OC(COc1ccccc1)CN1CCC(Oc2cccc(-c3cccnc3)c2)CC1. The smallest absolute Gasteiger partial charge is 0.120 e. The minimum atomic E-state index is -0.501. The summed E-state index contributed by atoms with van der Waals surface area (Å²) in [5, 5.41) is 10.3. The number of pyridine rings is 1. The Balaban J connectivity index is 1.22. The van der Waals surface area contributed by atoms with Crippen LogP contribution >= 0.6 is 0 Å². The van der Waals surface area contributed by atoms with Crippen molar-refractivity contribution in [3.05, 3.63) is 79.1 Å². The van der Waals surface area contributed by atoms with Crippen LogP contribution in [-0.2, 0) is 0 Å². The van der Waals surface area contributed by atoms with E-state index in [9.17, 15) is 5.11 Å². The molecular formula is C25H28N2O3. The second-order valence-electron chi connectivity index (χ2n) is 7.67. The molecule has 1 atom stereocenters. The Bertz CT molecular complexity index is 897. The molecule has 1 fully saturated rings. The van der Waals surface area contributed by atoms with Crippen molar-refractivity contribution in [1.82, 2.24) is 9.88 Å². The van der Waals surface area contributed by atoms with Crippen LogP contribution in [-0.4, -0.2) is 53.4 Å². The number of likely N-dealkylation sites (tertiary alicyclic amines) is 1. The predicted octanol–water partition coefficient (Wildman–Crippen LogP) is 4.03. The van der Waals surface area contributed by atoms with E-state index in [2.05, 4.69) is 28.1 Å². The first-order valence-corrected chi connectivity index (χ1v) is 10.5. The molecule has 2 aromatic carbocycles. The van der Waals surface area contributed by atoms with Crippen molar-refractivity contribution < 1.29 is 14.6 Å². The van der Waals surface area contributed by atoms with E-state index in [1.54, 1.807) is 6.20 Å². The third-order valence-corrected chi connectivity index (χ3v) is 5.32. The zero-order chi connectivity index (χ0) is 20.6. The van der Waals surface area contributed by atoms with Crippen molar-refractivity contribution in [3.8, 4) is 22.6 Å². The van der Waals surface area contributed by atoms with E-state index >= 15 is 0 Å². The summed E-state index contributed by atoms with van der Waals surface area (Å²) in [6.45, 7) is 2.75. The van der Waals surface area contributed by atoms with Crippen LogP contribution in [0.15, 0.2) is 79.1 Å². The topological polar surface area (TPSA) is 54.8 Å². The number of aromatic nitrogens is 1. The fourth-order valence-corrected chi connectivity index (χ4v) is 3.74. The van der Waals surface area contributed by atoms with Crippen molar-refractivity contribution in [2.75, 3.05) is 26.2 Å². The molecule has 0 bridgehead atoms. The predicted molar refractivity (Wildman–Crippen MR) is 118 cm³/mol. The quantitative estimate of drug-likeness (QED) is 0.614. The molecule has 0 saturated carbocycles. The summed E-state index contributed by atoms with van der Waals surface area (Å²) < 4.78 is 11.9. The van der Waals surface area contributed by atoms with Gasteiger partial charge in [0.2, 0.25) is 0 Å². The van der Waals surface area contributed by atoms with Gasteiger partial charge in [0.1, 0.15) is 30.3 Å². The molecule has 5 heteroatoms. The molecule has 0 radical (unpaired) electrons. The number of β-amino-alcohol motifs (C(OH)–C–C–N with tert-alkyl or cyclic N) is 1. The average Bonchev–Trinajstić information content (AvgIpc) is 2.80. The van der Waals surface area contributed by atoms with Gasteiger partial charge < -0.3 is 19.5 Å². The number of aliphatic hydroxyl groups is 1. The number of ether oxygens (including phenoxy) is 2. The summed E-state index contributed by atoms with van der Waals surface area (Å²) in [5.74, 6) is 1.68. The van der Waals surface area contributed by atoms with Crippen LogP contribution in [0, 0.1) is 0 Å². The first-order valence-electron chi connectivity index (χ1n) is 10.5. The molecule has 2 heterocycles. The molecule has 30 heavy (non-hydrogen) atoms. The maximum atomic E-state index is 10.3. The molecule has 1 saturated heterocycles. The van der Waals surface area contributed by atoms with Crippen molar-refractivity contribution >= 4 is 0 Å². The molecule has 0 aliphatic carbocycles. The number of hydrogen-bond donors (Lipinski definition) is 1. The van der Waals surface area contributed by atoms with Crippen LogP contribution < -0.4 is 9.47 Å². The van der Waals surface area contributed by atoms with Gasteiger partial charge in [0.05, 0.1) is 0 Å². The normalized spacial score (nSPS) is 16.2. The van der Waals surface area contributed by atoms with E-state index in [1.165, 1.54) is 0 Å². The fraction of sp³-hybridized carbons (Fsp3) is 0.320. The Morgan fingerprint density at radius 2 is 1.70 bits per heavy atom. The van der Waals surface area contributed by atoms with Crippen molar-refractivity contribution in [1.29, 1.82) is 0 Å². The number of nitrogens with zero attached hydrogens (tertiary/aromatic N) is 2. The lowest BCUT2D eigenvalue weighted by Gasteiger charge is -2.33. The Hall–Kier alpha value is -2.89. The summed E-state index contributed by atoms with van der Waals surface area (Å²) in [4.78, 5) is 6.48.